The molecule has 0 saturated heterocycles. The standard InChI is InChI=1S/C17H15NO2/c1-11-7-14(10-18)8-12(2)17(11)20-16-6-4-5-15(9-16)13(3)19/h4-9H,1-3H3. The summed E-state index contributed by atoms with van der Waals surface area (Å²) in [5.41, 5.74) is 3.03. The van der Waals surface area contributed by atoms with E-state index in [1.54, 1.807) is 30.3 Å². The Morgan fingerprint density at radius 1 is 1.15 bits per heavy atom. The third-order valence-electron chi connectivity index (χ3n) is 3.05. The van der Waals surface area contributed by atoms with E-state index in [0.717, 1.165) is 16.9 Å². The molecule has 0 unspecified atom stereocenters. The van der Waals surface area contributed by atoms with Gasteiger partial charge in [-0.05, 0) is 56.2 Å². The third kappa shape index (κ3) is 2.86. The molecule has 0 aliphatic rings. The number of ether oxygens (including phenoxy) is 1. The molecule has 0 aliphatic carbocycles. The highest BCUT2D eigenvalue weighted by Crippen LogP contribution is 2.30. The van der Waals surface area contributed by atoms with Gasteiger partial charge in [0.15, 0.2) is 5.78 Å². The van der Waals surface area contributed by atoms with Crippen molar-refractivity contribution in [1.82, 2.24) is 0 Å². The van der Waals surface area contributed by atoms with Crippen LogP contribution in [0.25, 0.3) is 0 Å². The van der Waals surface area contributed by atoms with Gasteiger partial charge in [0.05, 0.1) is 11.6 Å². The van der Waals surface area contributed by atoms with Crippen molar-refractivity contribution in [3.63, 3.8) is 0 Å². The number of nitriles is 1. The van der Waals surface area contributed by atoms with Gasteiger partial charge in [0, 0.05) is 5.56 Å². The van der Waals surface area contributed by atoms with Crippen LogP contribution in [0.4, 0.5) is 0 Å². The summed E-state index contributed by atoms with van der Waals surface area (Å²) in [5.74, 6) is 1.35. The van der Waals surface area contributed by atoms with E-state index >= 15 is 0 Å². The molecule has 3 heteroatoms. The Bertz CT molecular complexity index is 688. The van der Waals surface area contributed by atoms with E-state index in [-0.39, 0.29) is 5.78 Å². The number of aryl methyl sites for hydroxylation is 2. The van der Waals surface area contributed by atoms with Crippen molar-refractivity contribution in [2.75, 3.05) is 0 Å². The molecule has 2 rings (SSSR count). The Hall–Kier alpha value is -2.60. The summed E-state index contributed by atoms with van der Waals surface area (Å²) in [6.45, 7) is 5.33. The van der Waals surface area contributed by atoms with Gasteiger partial charge < -0.3 is 4.74 Å². The van der Waals surface area contributed by atoms with Crippen LogP contribution in [0.1, 0.15) is 34.0 Å². The molecule has 0 aromatic heterocycles. The number of carbonyl (C=O) groups is 1. The summed E-state index contributed by atoms with van der Waals surface area (Å²) in [6.07, 6.45) is 0. The maximum Gasteiger partial charge on any atom is 0.159 e. The number of rotatable bonds is 3. The van der Waals surface area contributed by atoms with Crippen molar-refractivity contribution in [2.45, 2.75) is 20.8 Å². The van der Waals surface area contributed by atoms with Crippen LogP contribution in [-0.2, 0) is 0 Å². The number of ketones is 1. The van der Waals surface area contributed by atoms with Gasteiger partial charge in [-0.25, -0.2) is 0 Å². The minimum absolute atomic E-state index is 0.00345. The van der Waals surface area contributed by atoms with Gasteiger partial charge in [-0.1, -0.05) is 12.1 Å². The monoisotopic (exact) mass is 265 g/mol. The van der Waals surface area contributed by atoms with E-state index in [2.05, 4.69) is 6.07 Å². The van der Waals surface area contributed by atoms with Crippen molar-refractivity contribution in [1.29, 1.82) is 5.26 Å². The Morgan fingerprint density at radius 2 is 1.80 bits per heavy atom. The fourth-order valence-corrected chi connectivity index (χ4v) is 2.07. The second-order valence-corrected chi connectivity index (χ2v) is 4.74. The zero-order chi connectivity index (χ0) is 14.7. The smallest absolute Gasteiger partial charge is 0.159 e. The molecule has 100 valence electrons. The fourth-order valence-electron chi connectivity index (χ4n) is 2.07. The first-order chi connectivity index (χ1) is 9.51. The number of Topliss-reactive ketones (excluding diaryl/α,β-unsaturated/α-hetero) is 1. The van der Waals surface area contributed by atoms with Crippen molar-refractivity contribution in [3.8, 4) is 17.6 Å². The maximum absolute atomic E-state index is 11.4. The molecule has 0 heterocycles. The van der Waals surface area contributed by atoms with Crippen LogP contribution in [0, 0.1) is 25.2 Å². The van der Waals surface area contributed by atoms with E-state index in [9.17, 15) is 4.79 Å². The van der Waals surface area contributed by atoms with Crippen LogP contribution in [0.15, 0.2) is 36.4 Å². The molecule has 2 aromatic carbocycles. The third-order valence-corrected chi connectivity index (χ3v) is 3.05. The molecule has 0 saturated carbocycles. The average Bonchev–Trinajstić information content (AvgIpc) is 2.42. The molecule has 0 atom stereocenters. The topological polar surface area (TPSA) is 50.1 Å². The van der Waals surface area contributed by atoms with Gasteiger partial charge in [0.1, 0.15) is 11.5 Å². The van der Waals surface area contributed by atoms with E-state index in [1.807, 2.05) is 19.9 Å². The minimum atomic E-state index is 0.00345. The van der Waals surface area contributed by atoms with Crippen molar-refractivity contribution in [2.24, 2.45) is 0 Å². The molecular formula is C17H15NO2. The van der Waals surface area contributed by atoms with Crippen molar-refractivity contribution < 1.29 is 9.53 Å². The van der Waals surface area contributed by atoms with Crippen LogP contribution in [0.5, 0.6) is 11.5 Å². The normalized spacial score (nSPS) is 9.90. The molecule has 0 bridgehead atoms. The average molecular weight is 265 g/mol. The van der Waals surface area contributed by atoms with Gasteiger partial charge in [-0.3, -0.25) is 4.79 Å². The molecule has 0 radical (unpaired) electrons. The predicted molar refractivity (Wildman–Crippen MR) is 77.2 cm³/mol. The molecule has 0 spiro atoms. The highest BCUT2D eigenvalue weighted by Gasteiger charge is 2.09. The Labute approximate surface area is 118 Å². The summed E-state index contributed by atoms with van der Waals surface area (Å²) in [6, 6.07) is 12.8. The molecule has 0 amide bonds. The highest BCUT2D eigenvalue weighted by atomic mass is 16.5. The van der Waals surface area contributed by atoms with Gasteiger partial charge in [-0.2, -0.15) is 5.26 Å². The zero-order valence-corrected chi connectivity index (χ0v) is 11.7. The number of benzene rings is 2. The molecular weight excluding hydrogens is 250 g/mol. The molecule has 0 N–H and O–H groups in total. The summed E-state index contributed by atoms with van der Waals surface area (Å²) in [5, 5.41) is 8.94. The number of hydrogen-bond donors (Lipinski definition) is 0. The van der Waals surface area contributed by atoms with E-state index in [1.165, 1.54) is 6.92 Å². The van der Waals surface area contributed by atoms with Crippen LogP contribution < -0.4 is 4.74 Å². The summed E-state index contributed by atoms with van der Waals surface area (Å²) >= 11 is 0. The van der Waals surface area contributed by atoms with Crippen LogP contribution in [0.3, 0.4) is 0 Å². The Kier molecular flexibility index (Phi) is 3.86. The van der Waals surface area contributed by atoms with Gasteiger partial charge >= 0.3 is 0 Å². The number of hydrogen-bond acceptors (Lipinski definition) is 3. The van der Waals surface area contributed by atoms with Crippen LogP contribution >= 0.6 is 0 Å². The number of carbonyl (C=O) groups excluding carboxylic acids is 1. The molecule has 0 fully saturated rings. The second kappa shape index (κ2) is 5.58. The van der Waals surface area contributed by atoms with Crippen LogP contribution in [0.2, 0.25) is 0 Å². The van der Waals surface area contributed by atoms with Crippen molar-refractivity contribution in [3.05, 3.63) is 58.7 Å². The molecule has 20 heavy (non-hydrogen) atoms. The summed E-state index contributed by atoms with van der Waals surface area (Å²) in [7, 11) is 0. The predicted octanol–water partition coefficient (Wildman–Crippen LogP) is 4.17. The molecule has 2 aromatic rings. The Balaban J connectivity index is 2.38. The lowest BCUT2D eigenvalue weighted by molar-refractivity contribution is 0.101. The lowest BCUT2D eigenvalue weighted by Gasteiger charge is -2.12. The van der Waals surface area contributed by atoms with Gasteiger partial charge in [-0.15, -0.1) is 0 Å². The highest BCUT2D eigenvalue weighted by molar-refractivity contribution is 5.94. The lowest BCUT2D eigenvalue weighted by Crippen LogP contribution is -1.95. The van der Waals surface area contributed by atoms with Crippen LogP contribution in [-0.4, -0.2) is 5.78 Å². The van der Waals surface area contributed by atoms with Gasteiger partial charge in [0.2, 0.25) is 0 Å². The SMILES string of the molecule is CC(=O)c1cccc(Oc2c(C)cc(C#N)cc2C)c1. The van der Waals surface area contributed by atoms with E-state index in [4.69, 9.17) is 10.00 Å². The van der Waals surface area contributed by atoms with E-state index in [0.29, 0.717) is 16.9 Å². The van der Waals surface area contributed by atoms with Crippen molar-refractivity contribution >= 4 is 5.78 Å². The first-order valence-electron chi connectivity index (χ1n) is 6.31. The first-order valence-corrected chi connectivity index (χ1v) is 6.31. The zero-order valence-electron chi connectivity index (χ0n) is 11.7. The number of nitrogens with zero attached hydrogens (tertiary/aromatic N) is 1. The fraction of sp³-hybridized carbons (Fsp3) is 0.176. The molecule has 0 aliphatic heterocycles. The summed E-state index contributed by atoms with van der Waals surface area (Å²) < 4.78 is 5.87. The maximum atomic E-state index is 11.4. The second-order valence-electron chi connectivity index (χ2n) is 4.74. The largest absolute Gasteiger partial charge is 0.457 e. The van der Waals surface area contributed by atoms with E-state index < -0.39 is 0 Å². The quantitative estimate of drug-likeness (QED) is 0.782. The minimum Gasteiger partial charge on any atom is -0.457 e. The van der Waals surface area contributed by atoms with Gasteiger partial charge in [0.25, 0.3) is 0 Å². The summed E-state index contributed by atoms with van der Waals surface area (Å²) in [4.78, 5) is 11.4. The first kappa shape index (κ1) is 13.8. The molecule has 3 nitrogen and oxygen atoms in total. The lowest BCUT2D eigenvalue weighted by atomic mass is 10.1. The Morgan fingerprint density at radius 3 is 2.35 bits per heavy atom.